The van der Waals surface area contributed by atoms with Crippen molar-refractivity contribution in [3.05, 3.63) is 57.0 Å². The second-order valence-corrected chi connectivity index (χ2v) is 9.22. The molecule has 0 spiro atoms. The summed E-state index contributed by atoms with van der Waals surface area (Å²) in [6, 6.07) is 10.4. The number of hydrogen-bond acceptors (Lipinski definition) is 4. The summed E-state index contributed by atoms with van der Waals surface area (Å²) in [5, 5.41) is 0.435. The predicted molar refractivity (Wildman–Crippen MR) is 106 cm³/mol. The predicted octanol–water partition coefficient (Wildman–Crippen LogP) is 4.90. The summed E-state index contributed by atoms with van der Waals surface area (Å²) >= 11 is 15.4. The third-order valence-electron chi connectivity index (χ3n) is 3.22. The summed E-state index contributed by atoms with van der Waals surface area (Å²) in [4.78, 5) is 12.2. The van der Waals surface area contributed by atoms with Crippen molar-refractivity contribution in [3.63, 3.8) is 0 Å². The van der Waals surface area contributed by atoms with Crippen LogP contribution in [0.1, 0.15) is 13.8 Å². The Labute approximate surface area is 171 Å². The number of carbonyl (C=O) groups is 1. The largest absolute Gasteiger partial charge is 0.462 e. The normalized spacial score (nSPS) is 11.5. The van der Waals surface area contributed by atoms with E-state index < -0.39 is 22.5 Å². The minimum atomic E-state index is -4.07. The Kier molecular flexibility index (Phi) is 6.96. The zero-order valence-electron chi connectivity index (χ0n) is 13.9. The molecular weight excluding hydrogens is 465 g/mol. The van der Waals surface area contributed by atoms with Gasteiger partial charge in [-0.3, -0.25) is 9.10 Å². The van der Waals surface area contributed by atoms with Gasteiger partial charge in [0.1, 0.15) is 6.54 Å². The summed E-state index contributed by atoms with van der Waals surface area (Å²) in [6.45, 7) is 2.83. The van der Waals surface area contributed by atoms with Gasteiger partial charge in [0, 0.05) is 9.50 Å². The van der Waals surface area contributed by atoms with Crippen molar-refractivity contribution in [3.8, 4) is 0 Å². The van der Waals surface area contributed by atoms with Crippen molar-refractivity contribution in [2.75, 3.05) is 10.8 Å². The van der Waals surface area contributed by atoms with Crippen LogP contribution in [-0.2, 0) is 19.6 Å². The molecule has 0 aliphatic heterocycles. The van der Waals surface area contributed by atoms with E-state index in [-0.39, 0.29) is 26.7 Å². The Morgan fingerprint density at radius 3 is 2.35 bits per heavy atom. The monoisotopic (exact) mass is 479 g/mol. The van der Waals surface area contributed by atoms with Gasteiger partial charge in [-0.2, -0.15) is 0 Å². The lowest BCUT2D eigenvalue weighted by Gasteiger charge is -2.25. The number of benzene rings is 2. The highest BCUT2D eigenvalue weighted by Crippen LogP contribution is 2.33. The highest BCUT2D eigenvalue weighted by molar-refractivity contribution is 9.10. The molecule has 0 radical (unpaired) electrons. The van der Waals surface area contributed by atoms with Crippen molar-refractivity contribution < 1.29 is 17.9 Å². The summed E-state index contributed by atoms with van der Waals surface area (Å²) in [5.74, 6) is -0.697. The maximum atomic E-state index is 13.1. The molecule has 0 amide bonds. The molecule has 2 aromatic carbocycles. The molecule has 0 saturated carbocycles. The molecule has 0 heterocycles. The third-order valence-corrected chi connectivity index (χ3v) is 6.08. The Hall–Kier alpha value is -1.28. The van der Waals surface area contributed by atoms with Crippen LogP contribution in [0, 0.1) is 0 Å². The van der Waals surface area contributed by atoms with Gasteiger partial charge in [0.2, 0.25) is 0 Å². The Morgan fingerprint density at radius 2 is 1.77 bits per heavy atom. The quantitative estimate of drug-likeness (QED) is 0.551. The smallest absolute Gasteiger partial charge is 0.327 e. The summed E-state index contributed by atoms with van der Waals surface area (Å²) in [5.41, 5.74) is 0.0998. The SMILES string of the molecule is CC(C)OC(=O)CN(c1cc(Cl)ccc1Cl)S(=O)(=O)c1ccc(Br)cc1. The number of esters is 1. The van der Waals surface area contributed by atoms with Crippen LogP contribution in [0.25, 0.3) is 0 Å². The molecule has 0 atom stereocenters. The number of halogens is 3. The third kappa shape index (κ3) is 5.13. The number of sulfonamides is 1. The highest BCUT2D eigenvalue weighted by Gasteiger charge is 2.29. The first-order valence-electron chi connectivity index (χ1n) is 7.54. The topological polar surface area (TPSA) is 63.7 Å². The molecule has 140 valence electrons. The molecule has 0 bridgehead atoms. The van der Waals surface area contributed by atoms with Crippen molar-refractivity contribution in [1.29, 1.82) is 0 Å². The molecule has 0 unspecified atom stereocenters. The zero-order chi connectivity index (χ0) is 19.5. The second kappa shape index (κ2) is 8.61. The lowest BCUT2D eigenvalue weighted by atomic mass is 10.3. The number of carbonyl (C=O) groups excluding carboxylic acids is 1. The van der Waals surface area contributed by atoms with Crippen LogP contribution in [0.2, 0.25) is 10.0 Å². The molecule has 5 nitrogen and oxygen atoms in total. The summed E-state index contributed by atoms with van der Waals surface area (Å²) in [6.07, 6.45) is -0.380. The Bertz CT molecular complexity index is 901. The Morgan fingerprint density at radius 1 is 1.15 bits per heavy atom. The van der Waals surface area contributed by atoms with Gasteiger partial charge in [-0.05, 0) is 56.3 Å². The van der Waals surface area contributed by atoms with Crippen LogP contribution in [0.3, 0.4) is 0 Å². The van der Waals surface area contributed by atoms with E-state index in [2.05, 4.69) is 15.9 Å². The van der Waals surface area contributed by atoms with Crippen LogP contribution < -0.4 is 4.31 Å². The fraction of sp³-hybridized carbons (Fsp3) is 0.235. The minimum Gasteiger partial charge on any atom is -0.462 e. The van der Waals surface area contributed by atoms with E-state index in [0.717, 1.165) is 8.78 Å². The standard InChI is InChI=1S/C17H16BrCl2NO4S/c1-11(2)25-17(22)10-21(16-9-13(19)5-8-15(16)20)26(23,24)14-6-3-12(18)4-7-14/h3-9,11H,10H2,1-2H3. The van der Waals surface area contributed by atoms with Crippen LogP contribution in [0.4, 0.5) is 5.69 Å². The highest BCUT2D eigenvalue weighted by atomic mass is 79.9. The fourth-order valence-corrected chi connectivity index (χ4v) is 4.25. The molecule has 2 aromatic rings. The van der Waals surface area contributed by atoms with E-state index in [0.29, 0.717) is 0 Å². The van der Waals surface area contributed by atoms with Crippen LogP contribution in [-0.4, -0.2) is 27.0 Å². The lowest BCUT2D eigenvalue weighted by Crippen LogP contribution is -2.37. The van der Waals surface area contributed by atoms with Gasteiger partial charge in [-0.25, -0.2) is 8.42 Å². The van der Waals surface area contributed by atoms with Crippen LogP contribution >= 0.6 is 39.1 Å². The van der Waals surface area contributed by atoms with Gasteiger partial charge < -0.3 is 4.74 Å². The van der Waals surface area contributed by atoms with E-state index >= 15 is 0 Å². The van der Waals surface area contributed by atoms with Gasteiger partial charge >= 0.3 is 5.97 Å². The van der Waals surface area contributed by atoms with Crippen LogP contribution in [0.5, 0.6) is 0 Å². The van der Waals surface area contributed by atoms with Crippen molar-refractivity contribution >= 4 is 60.8 Å². The van der Waals surface area contributed by atoms with E-state index in [9.17, 15) is 13.2 Å². The molecule has 2 rings (SSSR count). The molecule has 0 N–H and O–H groups in total. The number of rotatable bonds is 6. The minimum absolute atomic E-state index is 0.00842. The average Bonchev–Trinajstić information content (AvgIpc) is 2.54. The number of hydrogen-bond donors (Lipinski definition) is 0. The van der Waals surface area contributed by atoms with E-state index in [1.807, 2.05) is 0 Å². The molecule has 26 heavy (non-hydrogen) atoms. The first-order valence-corrected chi connectivity index (χ1v) is 10.5. The molecule has 0 aliphatic rings. The van der Waals surface area contributed by atoms with Crippen molar-refractivity contribution in [1.82, 2.24) is 0 Å². The van der Waals surface area contributed by atoms with Gasteiger partial charge in [0.25, 0.3) is 10.0 Å². The summed E-state index contributed by atoms with van der Waals surface area (Å²) in [7, 11) is -4.07. The molecule has 0 fully saturated rings. The molecular formula is C17H16BrCl2NO4S. The van der Waals surface area contributed by atoms with E-state index in [1.165, 1.54) is 30.3 Å². The average molecular weight is 481 g/mol. The fourth-order valence-electron chi connectivity index (χ4n) is 2.13. The maximum absolute atomic E-state index is 13.1. The van der Waals surface area contributed by atoms with Gasteiger partial charge in [-0.1, -0.05) is 39.1 Å². The first kappa shape index (κ1) is 21.0. The van der Waals surface area contributed by atoms with Crippen molar-refractivity contribution in [2.45, 2.75) is 24.8 Å². The summed E-state index contributed by atoms with van der Waals surface area (Å²) < 4.78 is 33.0. The Balaban J connectivity index is 2.54. The van der Waals surface area contributed by atoms with Gasteiger partial charge in [0.05, 0.1) is 21.7 Å². The van der Waals surface area contributed by atoms with E-state index in [4.69, 9.17) is 27.9 Å². The number of nitrogens with zero attached hydrogens (tertiary/aromatic N) is 1. The molecule has 9 heteroatoms. The van der Waals surface area contributed by atoms with Crippen LogP contribution in [0.15, 0.2) is 51.8 Å². The first-order chi connectivity index (χ1) is 12.1. The second-order valence-electron chi connectivity index (χ2n) is 5.60. The van der Waals surface area contributed by atoms with E-state index in [1.54, 1.807) is 26.0 Å². The van der Waals surface area contributed by atoms with Crippen molar-refractivity contribution in [2.24, 2.45) is 0 Å². The zero-order valence-corrected chi connectivity index (χ0v) is 17.9. The molecule has 0 aromatic heterocycles. The lowest BCUT2D eigenvalue weighted by molar-refractivity contribution is -0.145. The molecule has 0 aliphatic carbocycles. The number of ether oxygens (including phenoxy) is 1. The van der Waals surface area contributed by atoms with Gasteiger partial charge in [0.15, 0.2) is 0 Å². The maximum Gasteiger partial charge on any atom is 0.327 e. The van der Waals surface area contributed by atoms with Gasteiger partial charge in [-0.15, -0.1) is 0 Å². The number of anilines is 1. The molecule has 0 saturated heterocycles.